The number of hydrazone groups is 1. The summed E-state index contributed by atoms with van der Waals surface area (Å²) in [5.74, 6) is 0.922. The standard InChI is InChI=1S/C26H27ClN2O3/c1-26(2,3)21-10-8-20(9-11-21)25(30)29-28-16-19-7-14-23(24(15-19)31-4)32-17-18-5-12-22(27)13-6-18/h5-16H,17H2,1-4H3,(H,29,30)/b28-16-. The van der Waals surface area contributed by atoms with Gasteiger partial charge in [-0.05, 0) is 64.6 Å². The van der Waals surface area contributed by atoms with Gasteiger partial charge in [0.1, 0.15) is 6.61 Å². The van der Waals surface area contributed by atoms with Crippen LogP contribution in [-0.2, 0) is 12.0 Å². The molecule has 166 valence electrons. The Morgan fingerprint density at radius 3 is 2.31 bits per heavy atom. The van der Waals surface area contributed by atoms with Crippen LogP contribution in [-0.4, -0.2) is 19.2 Å². The van der Waals surface area contributed by atoms with Crippen LogP contribution in [0.15, 0.2) is 71.8 Å². The van der Waals surface area contributed by atoms with E-state index in [1.165, 1.54) is 5.56 Å². The molecule has 0 aliphatic carbocycles. The molecule has 1 amide bonds. The number of nitrogens with zero attached hydrogens (tertiary/aromatic N) is 1. The Morgan fingerprint density at radius 2 is 1.69 bits per heavy atom. The van der Waals surface area contributed by atoms with Crippen molar-refractivity contribution in [3.8, 4) is 11.5 Å². The Kier molecular flexibility index (Phi) is 7.54. The summed E-state index contributed by atoms with van der Waals surface area (Å²) in [6.07, 6.45) is 1.56. The first-order valence-electron chi connectivity index (χ1n) is 10.3. The topological polar surface area (TPSA) is 59.9 Å². The molecule has 0 aliphatic heterocycles. The molecule has 0 saturated heterocycles. The molecule has 1 N–H and O–H groups in total. The number of hydrogen-bond acceptors (Lipinski definition) is 4. The molecule has 3 rings (SSSR count). The van der Waals surface area contributed by atoms with Crippen molar-refractivity contribution in [2.75, 3.05) is 7.11 Å². The number of hydrogen-bond donors (Lipinski definition) is 1. The number of carbonyl (C=O) groups excluding carboxylic acids is 1. The van der Waals surface area contributed by atoms with Gasteiger partial charge in [0.25, 0.3) is 5.91 Å². The highest BCUT2D eigenvalue weighted by molar-refractivity contribution is 6.30. The van der Waals surface area contributed by atoms with Crippen molar-refractivity contribution in [1.29, 1.82) is 0 Å². The van der Waals surface area contributed by atoms with Crippen molar-refractivity contribution >= 4 is 23.7 Å². The Morgan fingerprint density at radius 1 is 1.00 bits per heavy atom. The number of benzene rings is 3. The molecule has 0 heterocycles. The molecule has 3 aromatic carbocycles. The summed E-state index contributed by atoms with van der Waals surface area (Å²) in [6.45, 7) is 6.79. The zero-order chi connectivity index (χ0) is 23.1. The smallest absolute Gasteiger partial charge is 0.271 e. The van der Waals surface area contributed by atoms with Crippen LogP contribution in [0, 0.1) is 0 Å². The number of ether oxygens (including phenoxy) is 2. The summed E-state index contributed by atoms with van der Waals surface area (Å²) in [7, 11) is 1.58. The van der Waals surface area contributed by atoms with E-state index in [2.05, 4.69) is 31.3 Å². The van der Waals surface area contributed by atoms with Crippen LogP contribution >= 0.6 is 11.6 Å². The van der Waals surface area contributed by atoms with E-state index in [-0.39, 0.29) is 11.3 Å². The summed E-state index contributed by atoms with van der Waals surface area (Å²) in [5, 5.41) is 4.75. The number of nitrogens with one attached hydrogen (secondary N) is 1. The summed E-state index contributed by atoms with van der Waals surface area (Å²) in [4.78, 5) is 12.3. The van der Waals surface area contributed by atoms with Gasteiger partial charge in [-0.2, -0.15) is 5.10 Å². The molecule has 0 unspecified atom stereocenters. The monoisotopic (exact) mass is 450 g/mol. The van der Waals surface area contributed by atoms with Gasteiger partial charge < -0.3 is 9.47 Å². The second-order valence-corrected chi connectivity index (χ2v) is 8.79. The lowest BCUT2D eigenvalue weighted by atomic mass is 9.87. The number of amides is 1. The predicted octanol–water partition coefficient (Wildman–Crippen LogP) is 5.99. The summed E-state index contributed by atoms with van der Waals surface area (Å²) in [6, 6.07) is 20.5. The summed E-state index contributed by atoms with van der Waals surface area (Å²) >= 11 is 5.91. The Labute approximate surface area is 194 Å². The molecular weight excluding hydrogens is 424 g/mol. The van der Waals surface area contributed by atoms with Crippen LogP contribution < -0.4 is 14.9 Å². The lowest BCUT2D eigenvalue weighted by Gasteiger charge is -2.18. The molecule has 0 aliphatic rings. The highest BCUT2D eigenvalue weighted by Gasteiger charge is 2.14. The van der Waals surface area contributed by atoms with Gasteiger partial charge in [0.15, 0.2) is 11.5 Å². The van der Waals surface area contributed by atoms with E-state index in [1.54, 1.807) is 31.5 Å². The van der Waals surface area contributed by atoms with Crippen molar-refractivity contribution in [2.24, 2.45) is 5.10 Å². The number of halogens is 1. The van der Waals surface area contributed by atoms with Crippen LogP contribution in [0.3, 0.4) is 0 Å². The van der Waals surface area contributed by atoms with Gasteiger partial charge in [-0.3, -0.25) is 4.79 Å². The van der Waals surface area contributed by atoms with Gasteiger partial charge in [-0.15, -0.1) is 0 Å². The van der Waals surface area contributed by atoms with E-state index < -0.39 is 0 Å². The van der Waals surface area contributed by atoms with Gasteiger partial charge in [0.05, 0.1) is 13.3 Å². The Bertz CT molecular complexity index is 1090. The quantitative estimate of drug-likeness (QED) is 0.355. The lowest BCUT2D eigenvalue weighted by Crippen LogP contribution is -2.18. The largest absolute Gasteiger partial charge is 0.493 e. The van der Waals surface area contributed by atoms with Crippen molar-refractivity contribution in [2.45, 2.75) is 32.8 Å². The van der Waals surface area contributed by atoms with E-state index in [0.29, 0.717) is 28.7 Å². The fraction of sp³-hybridized carbons (Fsp3) is 0.231. The lowest BCUT2D eigenvalue weighted by molar-refractivity contribution is 0.0955. The second kappa shape index (κ2) is 10.3. The highest BCUT2D eigenvalue weighted by atomic mass is 35.5. The minimum Gasteiger partial charge on any atom is -0.493 e. The number of methoxy groups -OCH3 is 1. The first-order chi connectivity index (χ1) is 15.3. The Balaban J connectivity index is 1.60. The van der Waals surface area contributed by atoms with Gasteiger partial charge >= 0.3 is 0 Å². The normalized spacial score (nSPS) is 11.4. The van der Waals surface area contributed by atoms with Crippen molar-refractivity contribution in [3.63, 3.8) is 0 Å². The first-order valence-corrected chi connectivity index (χ1v) is 10.6. The van der Waals surface area contributed by atoms with Crippen LogP contribution in [0.4, 0.5) is 0 Å². The fourth-order valence-electron chi connectivity index (χ4n) is 2.98. The molecule has 0 aromatic heterocycles. The molecule has 3 aromatic rings. The molecule has 0 spiro atoms. The predicted molar refractivity (Wildman–Crippen MR) is 129 cm³/mol. The minimum absolute atomic E-state index is 0.0386. The third kappa shape index (κ3) is 6.34. The van der Waals surface area contributed by atoms with E-state index >= 15 is 0 Å². The molecule has 5 nitrogen and oxygen atoms in total. The number of rotatable bonds is 7. The fourth-order valence-corrected chi connectivity index (χ4v) is 3.10. The molecule has 0 bridgehead atoms. The number of carbonyl (C=O) groups is 1. The summed E-state index contributed by atoms with van der Waals surface area (Å²) in [5.41, 5.74) is 6.09. The zero-order valence-electron chi connectivity index (χ0n) is 18.7. The van der Waals surface area contributed by atoms with Crippen molar-refractivity contribution in [1.82, 2.24) is 5.43 Å². The van der Waals surface area contributed by atoms with E-state index in [0.717, 1.165) is 11.1 Å². The Hall–Kier alpha value is -3.31. The third-order valence-corrected chi connectivity index (χ3v) is 5.14. The van der Waals surface area contributed by atoms with Gasteiger partial charge in [0.2, 0.25) is 0 Å². The van der Waals surface area contributed by atoms with E-state index in [1.807, 2.05) is 48.5 Å². The molecule has 0 radical (unpaired) electrons. The third-order valence-electron chi connectivity index (χ3n) is 4.89. The average molecular weight is 451 g/mol. The minimum atomic E-state index is -0.267. The van der Waals surface area contributed by atoms with Gasteiger partial charge in [-0.1, -0.05) is 56.6 Å². The maximum atomic E-state index is 12.3. The molecule has 6 heteroatoms. The van der Waals surface area contributed by atoms with E-state index in [4.69, 9.17) is 21.1 Å². The molecular formula is C26H27ClN2O3. The van der Waals surface area contributed by atoms with E-state index in [9.17, 15) is 4.79 Å². The van der Waals surface area contributed by atoms with Gasteiger partial charge in [0, 0.05) is 10.6 Å². The summed E-state index contributed by atoms with van der Waals surface area (Å²) < 4.78 is 11.3. The second-order valence-electron chi connectivity index (χ2n) is 8.35. The maximum absolute atomic E-state index is 12.3. The zero-order valence-corrected chi connectivity index (χ0v) is 19.4. The van der Waals surface area contributed by atoms with Crippen molar-refractivity contribution in [3.05, 3.63) is 94.0 Å². The van der Waals surface area contributed by atoms with Crippen LogP contribution in [0.25, 0.3) is 0 Å². The highest BCUT2D eigenvalue weighted by Crippen LogP contribution is 2.28. The average Bonchev–Trinajstić information content (AvgIpc) is 2.78. The molecule has 0 fully saturated rings. The first kappa shape index (κ1) is 23.4. The van der Waals surface area contributed by atoms with Crippen molar-refractivity contribution < 1.29 is 14.3 Å². The maximum Gasteiger partial charge on any atom is 0.271 e. The molecule has 0 atom stereocenters. The SMILES string of the molecule is COc1cc(/C=N\NC(=O)c2ccc(C(C)(C)C)cc2)ccc1OCc1ccc(Cl)cc1. The molecule has 32 heavy (non-hydrogen) atoms. The van der Waals surface area contributed by atoms with Gasteiger partial charge in [-0.25, -0.2) is 5.43 Å². The van der Waals surface area contributed by atoms with Crippen LogP contribution in [0.1, 0.15) is 47.8 Å². The van der Waals surface area contributed by atoms with Crippen LogP contribution in [0.2, 0.25) is 5.02 Å². The molecule has 0 saturated carbocycles. The van der Waals surface area contributed by atoms with Crippen LogP contribution in [0.5, 0.6) is 11.5 Å².